The zero-order valence-corrected chi connectivity index (χ0v) is 14.6. The van der Waals surface area contributed by atoms with Gasteiger partial charge in [-0.25, -0.2) is 4.98 Å². The molecule has 3 aromatic heterocycles. The first-order valence-corrected chi connectivity index (χ1v) is 9.47. The lowest BCUT2D eigenvalue weighted by Gasteiger charge is -2.43. The Balaban J connectivity index is 1.27. The summed E-state index contributed by atoms with van der Waals surface area (Å²) in [5.41, 5.74) is 2.91. The summed E-state index contributed by atoms with van der Waals surface area (Å²) < 4.78 is 8.11. The van der Waals surface area contributed by atoms with E-state index in [9.17, 15) is 4.79 Å². The molecule has 0 aliphatic carbocycles. The number of likely N-dealkylation sites (tertiary alicyclic amines) is 1. The van der Waals surface area contributed by atoms with Crippen LogP contribution >= 0.6 is 11.3 Å². The van der Waals surface area contributed by atoms with E-state index in [0.717, 1.165) is 42.2 Å². The van der Waals surface area contributed by atoms with E-state index in [-0.39, 0.29) is 11.5 Å². The average molecular weight is 357 g/mol. The normalized spacial score (nSPS) is 19.4. The maximum Gasteiger partial charge on any atom is 0.228 e. The van der Waals surface area contributed by atoms with E-state index in [1.165, 1.54) is 5.56 Å². The highest BCUT2D eigenvalue weighted by molar-refractivity contribution is 7.15. The van der Waals surface area contributed by atoms with Crippen molar-refractivity contribution in [3.8, 4) is 0 Å². The standard InChI is InChI=1S/C17H19N5O2S/c23-14(9-13-11-22-6-8-25-16(22)19-13)21-4-2-17(3-5-21)15-12(1-7-24-17)10-18-20-15/h6,8,10-11H,1-5,7,9H2,(H,18,20). The van der Waals surface area contributed by atoms with Gasteiger partial charge in [0.25, 0.3) is 0 Å². The molecular weight excluding hydrogens is 338 g/mol. The summed E-state index contributed by atoms with van der Waals surface area (Å²) in [4.78, 5) is 20.0. The van der Waals surface area contributed by atoms with Crippen molar-refractivity contribution < 1.29 is 9.53 Å². The van der Waals surface area contributed by atoms with Crippen LogP contribution in [0.5, 0.6) is 0 Å². The van der Waals surface area contributed by atoms with Gasteiger partial charge in [0, 0.05) is 30.9 Å². The van der Waals surface area contributed by atoms with Gasteiger partial charge in [-0.1, -0.05) is 0 Å². The highest BCUT2D eigenvalue weighted by Gasteiger charge is 2.43. The number of nitrogens with zero attached hydrogens (tertiary/aromatic N) is 4. The molecule has 7 nitrogen and oxygen atoms in total. The van der Waals surface area contributed by atoms with E-state index in [1.54, 1.807) is 11.3 Å². The second-order valence-corrected chi connectivity index (χ2v) is 7.62. The summed E-state index contributed by atoms with van der Waals surface area (Å²) in [6.45, 7) is 2.14. The number of aromatic nitrogens is 4. The van der Waals surface area contributed by atoms with Crippen LogP contribution in [0.25, 0.3) is 4.96 Å². The fourth-order valence-corrected chi connectivity index (χ4v) is 4.68. The molecule has 25 heavy (non-hydrogen) atoms. The van der Waals surface area contributed by atoms with E-state index in [4.69, 9.17) is 4.74 Å². The number of amides is 1. The molecule has 0 radical (unpaired) electrons. The van der Waals surface area contributed by atoms with Crippen molar-refractivity contribution in [2.24, 2.45) is 0 Å². The molecule has 0 unspecified atom stereocenters. The van der Waals surface area contributed by atoms with Crippen molar-refractivity contribution in [1.29, 1.82) is 0 Å². The summed E-state index contributed by atoms with van der Waals surface area (Å²) in [5.74, 6) is 0.140. The number of carbonyl (C=O) groups is 1. The third-order valence-electron chi connectivity index (χ3n) is 5.32. The van der Waals surface area contributed by atoms with E-state index in [0.29, 0.717) is 19.5 Å². The number of H-pyrrole nitrogens is 1. The van der Waals surface area contributed by atoms with Gasteiger partial charge in [-0.2, -0.15) is 5.10 Å². The molecule has 0 saturated carbocycles. The molecule has 1 saturated heterocycles. The fraction of sp³-hybridized carbons (Fsp3) is 0.471. The zero-order chi connectivity index (χ0) is 16.9. The van der Waals surface area contributed by atoms with E-state index in [2.05, 4.69) is 15.2 Å². The van der Waals surface area contributed by atoms with Gasteiger partial charge in [0.05, 0.1) is 30.6 Å². The Morgan fingerprint density at radius 1 is 1.40 bits per heavy atom. The quantitative estimate of drug-likeness (QED) is 0.758. The minimum absolute atomic E-state index is 0.140. The Labute approximate surface area is 148 Å². The third-order valence-corrected chi connectivity index (χ3v) is 6.09. The van der Waals surface area contributed by atoms with E-state index in [1.807, 2.05) is 33.3 Å². The topological polar surface area (TPSA) is 75.5 Å². The Kier molecular flexibility index (Phi) is 3.42. The molecule has 5 rings (SSSR count). The third kappa shape index (κ3) is 2.47. The van der Waals surface area contributed by atoms with E-state index >= 15 is 0 Å². The SMILES string of the molecule is O=C(Cc1cn2ccsc2n1)N1CCC2(CC1)OCCc1cn[nH]c12. The van der Waals surface area contributed by atoms with Crippen molar-refractivity contribution in [3.63, 3.8) is 0 Å². The predicted octanol–water partition coefficient (Wildman–Crippen LogP) is 1.75. The number of rotatable bonds is 2. The lowest BCUT2D eigenvalue weighted by atomic mass is 9.83. The Bertz CT molecular complexity index is 890. The zero-order valence-electron chi connectivity index (χ0n) is 13.8. The van der Waals surface area contributed by atoms with Crippen LogP contribution in [-0.2, 0) is 28.0 Å². The van der Waals surface area contributed by atoms with Gasteiger partial charge in [0.2, 0.25) is 5.91 Å². The number of hydrogen-bond donors (Lipinski definition) is 1. The van der Waals surface area contributed by atoms with Crippen molar-refractivity contribution in [2.45, 2.75) is 31.3 Å². The van der Waals surface area contributed by atoms with Gasteiger partial charge in [-0.05, 0) is 24.8 Å². The molecule has 0 bridgehead atoms. The lowest BCUT2D eigenvalue weighted by Crippen LogP contribution is -2.48. The van der Waals surface area contributed by atoms with Crippen LogP contribution < -0.4 is 0 Å². The lowest BCUT2D eigenvalue weighted by molar-refractivity contribution is -0.140. The van der Waals surface area contributed by atoms with Crippen LogP contribution in [0.1, 0.15) is 29.8 Å². The minimum atomic E-state index is -0.294. The monoisotopic (exact) mass is 357 g/mol. The highest BCUT2D eigenvalue weighted by atomic mass is 32.1. The second-order valence-electron chi connectivity index (χ2n) is 6.75. The number of imidazole rings is 1. The molecule has 1 amide bonds. The maximum atomic E-state index is 12.7. The Morgan fingerprint density at radius 3 is 3.12 bits per heavy atom. The molecule has 0 aromatic carbocycles. The smallest absolute Gasteiger partial charge is 0.228 e. The van der Waals surface area contributed by atoms with Crippen LogP contribution in [0, 0.1) is 0 Å². The summed E-state index contributed by atoms with van der Waals surface area (Å²) in [5, 5.41) is 9.30. The van der Waals surface area contributed by atoms with Crippen molar-refractivity contribution in [2.75, 3.05) is 19.7 Å². The summed E-state index contributed by atoms with van der Waals surface area (Å²) in [6.07, 6.45) is 8.70. The molecule has 8 heteroatoms. The van der Waals surface area contributed by atoms with E-state index < -0.39 is 0 Å². The first-order chi connectivity index (χ1) is 12.2. The number of thiazole rings is 1. The summed E-state index contributed by atoms with van der Waals surface area (Å²) >= 11 is 1.58. The van der Waals surface area contributed by atoms with Gasteiger partial charge in [0.1, 0.15) is 5.60 Å². The van der Waals surface area contributed by atoms with Crippen LogP contribution in [0.4, 0.5) is 0 Å². The second kappa shape index (κ2) is 5.67. The molecule has 1 N–H and O–H groups in total. The fourth-order valence-electron chi connectivity index (χ4n) is 3.96. The number of carbonyl (C=O) groups excluding carboxylic acids is 1. The molecule has 1 spiro atoms. The molecule has 130 valence electrons. The van der Waals surface area contributed by atoms with Gasteiger partial charge in [0.15, 0.2) is 4.96 Å². The average Bonchev–Trinajstić information content (AvgIpc) is 3.31. The highest BCUT2D eigenvalue weighted by Crippen LogP contribution is 2.40. The Hall–Kier alpha value is -2.19. The summed E-state index contributed by atoms with van der Waals surface area (Å²) in [7, 11) is 0. The van der Waals surface area contributed by atoms with Crippen LogP contribution in [0.2, 0.25) is 0 Å². The van der Waals surface area contributed by atoms with Gasteiger partial charge >= 0.3 is 0 Å². The number of aromatic amines is 1. The minimum Gasteiger partial charge on any atom is -0.368 e. The van der Waals surface area contributed by atoms with Crippen LogP contribution in [0.3, 0.4) is 0 Å². The van der Waals surface area contributed by atoms with Crippen molar-refractivity contribution in [1.82, 2.24) is 24.5 Å². The first kappa shape index (κ1) is 15.1. The molecule has 0 atom stereocenters. The molecule has 5 heterocycles. The number of piperidine rings is 1. The summed E-state index contributed by atoms with van der Waals surface area (Å²) in [6, 6.07) is 0. The Morgan fingerprint density at radius 2 is 2.28 bits per heavy atom. The molecular formula is C17H19N5O2S. The first-order valence-electron chi connectivity index (χ1n) is 8.59. The van der Waals surface area contributed by atoms with Crippen LogP contribution in [-0.4, -0.2) is 50.1 Å². The van der Waals surface area contributed by atoms with Crippen molar-refractivity contribution >= 4 is 22.2 Å². The van der Waals surface area contributed by atoms with Gasteiger partial charge in [-0.15, -0.1) is 11.3 Å². The van der Waals surface area contributed by atoms with Gasteiger partial charge in [-0.3, -0.25) is 14.3 Å². The van der Waals surface area contributed by atoms with Crippen LogP contribution in [0.15, 0.2) is 24.0 Å². The maximum absolute atomic E-state index is 12.7. The molecule has 2 aliphatic rings. The number of nitrogens with one attached hydrogen (secondary N) is 1. The van der Waals surface area contributed by atoms with Gasteiger partial charge < -0.3 is 9.64 Å². The van der Waals surface area contributed by atoms with Crippen molar-refractivity contribution in [3.05, 3.63) is 40.9 Å². The molecule has 2 aliphatic heterocycles. The largest absolute Gasteiger partial charge is 0.368 e. The number of ether oxygens (including phenoxy) is 1. The predicted molar refractivity (Wildman–Crippen MR) is 92.5 cm³/mol. The molecule has 3 aromatic rings. The number of fused-ring (bicyclic) bond motifs is 3. The molecule has 1 fully saturated rings. The number of hydrogen-bond acceptors (Lipinski definition) is 5.